The first-order valence-corrected chi connectivity index (χ1v) is 6.96. The minimum Gasteiger partial charge on any atom is -0.395 e. The molecule has 2 aromatic carbocycles. The van der Waals surface area contributed by atoms with Gasteiger partial charge in [0.1, 0.15) is 0 Å². The van der Waals surface area contributed by atoms with Crippen LogP contribution in [0.4, 0.5) is 10.5 Å². The molecule has 2 amide bonds. The summed E-state index contributed by atoms with van der Waals surface area (Å²) in [6.45, 7) is 2.69. The number of nitrogens with zero attached hydrogens (tertiary/aromatic N) is 1. The van der Waals surface area contributed by atoms with Gasteiger partial charge < -0.3 is 15.3 Å². The fourth-order valence-corrected chi connectivity index (χ4v) is 2.10. The molecule has 0 saturated carbocycles. The molecule has 0 spiro atoms. The van der Waals surface area contributed by atoms with E-state index in [0.29, 0.717) is 13.1 Å². The Morgan fingerprint density at radius 1 is 1.14 bits per heavy atom. The number of aryl methyl sites for hydroxylation is 1. The van der Waals surface area contributed by atoms with E-state index in [1.165, 1.54) is 0 Å². The van der Waals surface area contributed by atoms with E-state index in [9.17, 15) is 4.79 Å². The zero-order valence-corrected chi connectivity index (χ0v) is 12.1. The number of aliphatic hydroxyl groups excluding tert-OH is 1. The van der Waals surface area contributed by atoms with Gasteiger partial charge in [0, 0.05) is 18.8 Å². The smallest absolute Gasteiger partial charge is 0.322 e. The third kappa shape index (κ3) is 4.61. The van der Waals surface area contributed by atoms with Crippen molar-refractivity contribution in [1.82, 2.24) is 4.90 Å². The van der Waals surface area contributed by atoms with Crippen molar-refractivity contribution in [1.29, 1.82) is 0 Å². The Kier molecular flexibility index (Phi) is 5.35. The van der Waals surface area contributed by atoms with Gasteiger partial charge >= 0.3 is 6.03 Å². The number of anilines is 1. The lowest BCUT2D eigenvalue weighted by Crippen LogP contribution is -2.36. The molecule has 0 atom stereocenters. The van der Waals surface area contributed by atoms with Gasteiger partial charge in [-0.1, -0.05) is 42.5 Å². The van der Waals surface area contributed by atoms with Gasteiger partial charge in [-0.2, -0.15) is 0 Å². The Bertz CT molecular complexity index is 584. The van der Waals surface area contributed by atoms with Crippen LogP contribution in [0.1, 0.15) is 11.1 Å². The summed E-state index contributed by atoms with van der Waals surface area (Å²) in [6.07, 6.45) is 0. The van der Waals surface area contributed by atoms with Crippen LogP contribution in [0.15, 0.2) is 54.6 Å². The molecular weight excluding hydrogens is 264 g/mol. The van der Waals surface area contributed by atoms with Gasteiger partial charge in [0.15, 0.2) is 0 Å². The second kappa shape index (κ2) is 7.45. The summed E-state index contributed by atoms with van der Waals surface area (Å²) in [5.41, 5.74) is 2.88. The van der Waals surface area contributed by atoms with E-state index in [1.54, 1.807) is 4.90 Å². The molecule has 0 aliphatic rings. The number of benzene rings is 2. The van der Waals surface area contributed by atoms with Crippen molar-refractivity contribution in [3.05, 3.63) is 65.7 Å². The molecule has 21 heavy (non-hydrogen) atoms. The lowest BCUT2D eigenvalue weighted by atomic mass is 10.2. The molecule has 0 radical (unpaired) electrons. The number of aliphatic hydroxyl groups is 1. The standard InChI is InChI=1S/C17H20N2O2/c1-14-6-5-9-16(12-14)18-17(21)19(10-11-20)13-15-7-3-2-4-8-15/h2-9,12,20H,10-11,13H2,1H3,(H,18,21). The molecule has 110 valence electrons. The largest absolute Gasteiger partial charge is 0.395 e. The summed E-state index contributed by atoms with van der Waals surface area (Å²) in [5, 5.41) is 12.0. The van der Waals surface area contributed by atoms with E-state index >= 15 is 0 Å². The Labute approximate surface area is 125 Å². The van der Waals surface area contributed by atoms with Crippen molar-refractivity contribution >= 4 is 11.7 Å². The van der Waals surface area contributed by atoms with Gasteiger partial charge in [-0.3, -0.25) is 0 Å². The number of hydrogen-bond acceptors (Lipinski definition) is 2. The van der Waals surface area contributed by atoms with Gasteiger partial charge in [-0.15, -0.1) is 0 Å². The third-order valence-corrected chi connectivity index (χ3v) is 3.14. The number of rotatable bonds is 5. The first kappa shape index (κ1) is 15.1. The fourth-order valence-electron chi connectivity index (χ4n) is 2.10. The maximum absolute atomic E-state index is 12.3. The van der Waals surface area contributed by atoms with Gasteiger partial charge in [0.05, 0.1) is 6.61 Å². The lowest BCUT2D eigenvalue weighted by molar-refractivity contribution is 0.185. The summed E-state index contributed by atoms with van der Waals surface area (Å²) >= 11 is 0. The monoisotopic (exact) mass is 284 g/mol. The zero-order valence-electron chi connectivity index (χ0n) is 12.1. The average molecular weight is 284 g/mol. The highest BCUT2D eigenvalue weighted by Gasteiger charge is 2.13. The van der Waals surface area contributed by atoms with E-state index in [0.717, 1.165) is 16.8 Å². The van der Waals surface area contributed by atoms with E-state index in [2.05, 4.69) is 5.32 Å². The highest BCUT2D eigenvalue weighted by Crippen LogP contribution is 2.12. The predicted molar refractivity (Wildman–Crippen MR) is 84.1 cm³/mol. The van der Waals surface area contributed by atoms with Crippen LogP contribution >= 0.6 is 0 Å². The highest BCUT2D eigenvalue weighted by atomic mass is 16.3. The number of amides is 2. The minimum absolute atomic E-state index is 0.0614. The van der Waals surface area contributed by atoms with Crippen LogP contribution in [0.25, 0.3) is 0 Å². The molecule has 2 rings (SSSR count). The molecule has 0 unspecified atom stereocenters. The molecule has 2 N–H and O–H groups in total. The summed E-state index contributed by atoms with van der Waals surface area (Å²) in [6, 6.07) is 17.2. The van der Waals surface area contributed by atoms with Crippen molar-refractivity contribution in [2.75, 3.05) is 18.5 Å². The average Bonchev–Trinajstić information content (AvgIpc) is 2.48. The topological polar surface area (TPSA) is 52.6 Å². The molecule has 0 bridgehead atoms. The minimum atomic E-state index is -0.210. The Hall–Kier alpha value is -2.33. The van der Waals surface area contributed by atoms with Gasteiger partial charge in [-0.05, 0) is 30.2 Å². The normalized spacial score (nSPS) is 10.2. The quantitative estimate of drug-likeness (QED) is 0.886. The highest BCUT2D eigenvalue weighted by molar-refractivity contribution is 5.89. The van der Waals surface area contributed by atoms with Crippen LogP contribution in [-0.4, -0.2) is 29.2 Å². The van der Waals surface area contributed by atoms with Crippen molar-refractivity contribution in [2.45, 2.75) is 13.5 Å². The lowest BCUT2D eigenvalue weighted by Gasteiger charge is -2.22. The first-order valence-electron chi connectivity index (χ1n) is 6.96. The molecule has 0 heterocycles. The molecular formula is C17H20N2O2. The number of hydrogen-bond donors (Lipinski definition) is 2. The SMILES string of the molecule is Cc1cccc(NC(=O)N(CCO)Cc2ccccc2)c1. The number of carbonyl (C=O) groups excluding carboxylic acids is 1. The Morgan fingerprint density at radius 3 is 2.57 bits per heavy atom. The maximum atomic E-state index is 12.3. The van der Waals surface area contributed by atoms with Crippen LogP contribution < -0.4 is 5.32 Å². The summed E-state index contributed by atoms with van der Waals surface area (Å²) < 4.78 is 0. The van der Waals surface area contributed by atoms with Crippen LogP contribution in [0.5, 0.6) is 0 Å². The second-order valence-electron chi connectivity index (χ2n) is 4.93. The summed E-state index contributed by atoms with van der Waals surface area (Å²) in [4.78, 5) is 13.9. The number of nitrogens with one attached hydrogen (secondary N) is 1. The Balaban J connectivity index is 2.05. The van der Waals surface area contributed by atoms with Crippen LogP contribution in [0, 0.1) is 6.92 Å². The molecule has 0 saturated heterocycles. The fraction of sp³-hybridized carbons (Fsp3) is 0.235. The van der Waals surface area contributed by atoms with Crippen LogP contribution in [0.3, 0.4) is 0 Å². The van der Waals surface area contributed by atoms with Crippen molar-refractivity contribution in [3.8, 4) is 0 Å². The summed E-state index contributed by atoms with van der Waals surface area (Å²) in [7, 11) is 0. The van der Waals surface area contributed by atoms with Gasteiger partial charge in [-0.25, -0.2) is 4.79 Å². The second-order valence-corrected chi connectivity index (χ2v) is 4.93. The number of carbonyl (C=O) groups is 1. The van der Waals surface area contributed by atoms with Crippen molar-refractivity contribution < 1.29 is 9.90 Å². The van der Waals surface area contributed by atoms with E-state index < -0.39 is 0 Å². The van der Waals surface area contributed by atoms with Crippen molar-refractivity contribution in [2.24, 2.45) is 0 Å². The maximum Gasteiger partial charge on any atom is 0.322 e. The molecule has 0 fully saturated rings. The predicted octanol–water partition coefficient (Wildman–Crippen LogP) is 3.02. The zero-order chi connectivity index (χ0) is 15.1. The molecule has 0 aliphatic carbocycles. The molecule has 4 nitrogen and oxygen atoms in total. The van der Waals surface area contributed by atoms with Crippen LogP contribution in [-0.2, 0) is 6.54 Å². The number of urea groups is 1. The van der Waals surface area contributed by atoms with Gasteiger partial charge in [0.25, 0.3) is 0 Å². The third-order valence-electron chi connectivity index (χ3n) is 3.14. The van der Waals surface area contributed by atoms with Gasteiger partial charge in [0.2, 0.25) is 0 Å². The van der Waals surface area contributed by atoms with E-state index in [-0.39, 0.29) is 12.6 Å². The Morgan fingerprint density at radius 2 is 1.90 bits per heavy atom. The van der Waals surface area contributed by atoms with Crippen molar-refractivity contribution in [3.63, 3.8) is 0 Å². The molecule has 0 aromatic heterocycles. The van der Waals surface area contributed by atoms with E-state index in [4.69, 9.17) is 5.11 Å². The van der Waals surface area contributed by atoms with E-state index in [1.807, 2.05) is 61.5 Å². The molecule has 0 aliphatic heterocycles. The summed E-state index contributed by atoms with van der Waals surface area (Å²) in [5.74, 6) is 0. The molecule has 2 aromatic rings. The molecule has 4 heteroatoms. The van der Waals surface area contributed by atoms with Crippen LogP contribution in [0.2, 0.25) is 0 Å². The first-order chi connectivity index (χ1) is 10.2.